The molecule has 0 aliphatic carbocycles. The quantitative estimate of drug-likeness (QED) is 0.123. The first-order chi connectivity index (χ1) is 14.4. The van der Waals surface area contributed by atoms with Gasteiger partial charge in [-0.3, -0.25) is 4.79 Å². The molecule has 0 aromatic heterocycles. The highest BCUT2D eigenvalue weighted by Gasteiger charge is 2.51. The summed E-state index contributed by atoms with van der Waals surface area (Å²) in [5, 5.41) is 23.7. The maximum absolute atomic E-state index is 12.5. The summed E-state index contributed by atoms with van der Waals surface area (Å²) in [4.78, 5) is 27.7. The third-order valence-electron chi connectivity index (χ3n) is 5.69. The van der Waals surface area contributed by atoms with Crippen molar-refractivity contribution in [2.75, 3.05) is 6.61 Å². The first kappa shape index (κ1) is 25.0. The summed E-state index contributed by atoms with van der Waals surface area (Å²) in [6.45, 7) is 9.30. The van der Waals surface area contributed by atoms with Gasteiger partial charge in [0.05, 0.1) is 6.61 Å². The number of benzene rings is 1. The Kier molecular flexibility index (Phi) is 7.98. The summed E-state index contributed by atoms with van der Waals surface area (Å²) < 4.78 is 17.2. The van der Waals surface area contributed by atoms with Crippen LogP contribution in [0.15, 0.2) is 35.4 Å². The van der Waals surface area contributed by atoms with E-state index in [1.807, 2.05) is 33.9 Å². The van der Waals surface area contributed by atoms with Gasteiger partial charge in [-0.25, -0.2) is 4.79 Å². The molecule has 5 atom stereocenters. The Balaban J connectivity index is 2.34. The Morgan fingerprint density at radius 1 is 1.26 bits per heavy atom. The second kappa shape index (κ2) is 9.90. The number of rotatable bonds is 7. The van der Waals surface area contributed by atoms with E-state index in [-0.39, 0.29) is 10.6 Å². The molecule has 170 valence electrons. The molecule has 1 aliphatic rings. The van der Waals surface area contributed by atoms with E-state index < -0.39 is 57.3 Å². The number of carbonyl (C=O) groups is 2. The minimum absolute atomic E-state index is 0.113. The van der Waals surface area contributed by atoms with Gasteiger partial charge in [0.1, 0.15) is 24.4 Å². The maximum atomic E-state index is 12.5. The Bertz CT molecular complexity index is 837. The molecule has 0 amide bonds. The monoisotopic (exact) mass is 451 g/mol. The van der Waals surface area contributed by atoms with Crippen LogP contribution < -0.4 is 0 Å². The van der Waals surface area contributed by atoms with Crippen LogP contribution in [0.1, 0.15) is 31.1 Å². The van der Waals surface area contributed by atoms with E-state index in [1.165, 1.54) is 12.1 Å². The number of hydrogen-bond acceptors (Lipinski definition) is 8. The Labute approximate surface area is 181 Å². The summed E-state index contributed by atoms with van der Waals surface area (Å²) >= 11 is 0. The van der Waals surface area contributed by atoms with Crippen LogP contribution >= 0.6 is 0 Å². The average Bonchev–Trinajstić information content (AvgIpc) is 2.71. The zero-order valence-electron chi connectivity index (χ0n) is 18.3. The number of carbonyl (C=O) groups excluding carboxylic acids is 2. The SMILES string of the molecule is CC(C)(C)[Si](C)(C)OC1OC(CO)[C@@H](O)[C@H](OC(=O)C(=O)c2ccccc2)[C@@H]1N=[N+]=[N-]. The summed E-state index contributed by atoms with van der Waals surface area (Å²) in [5.74, 6) is -2.14. The third-order valence-corrected chi connectivity index (χ3v) is 10.1. The molecule has 0 bridgehead atoms. The van der Waals surface area contributed by atoms with Crippen LogP contribution in [0.25, 0.3) is 10.4 Å². The molecule has 1 heterocycles. The number of ether oxygens (including phenoxy) is 2. The van der Waals surface area contributed by atoms with Gasteiger partial charge in [0, 0.05) is 10.5 Å². The van der Waals surface area contributed by atoms with Gasteiger partial charge in [0.15, 0.2) is 14.6 Å². The number of hydrogen-bond donors (Lipinski definition) is 2. The van der Waals surface area contributed by atoms with Crippen LogP contribution in [0.4, 0.5) is 0 Å². The number of azide groups is 1. The molecule has 0 spiro atoms. The van der Waals surface area contributed by atoms with Gasteiger partial charge in [0.2, 0.25) is 0 Å². The van der Waals surface area contributed by atoms with Gasteiger partial charge in [-0.1, -0.05) is 56.2 Å². The molecule has 1 aliphatic heterocycles. The Hall–Kier alpha value is -2.27. The van der Waals surface area contributed by atoms with Crippen molar-refractivity contribution in [3.8, 4) is 0 Å². The molecule has 1 saturated heterocycles. The molecule has 2 rings (SSSR count). The first-order valence-corrected chi connectivity index (χ1v) is 12.8. The largest absolute Gasteiger partial charge is 0.453 e. The molecule has 1 aromatic carbocycles. The summed E-state index contributed by atoms with van der Waals surface area (Å²) in [7, 11) is -2.45. The molecule has 1 fully saturated rings. The molecule has 0 radical (unpaired) electrons. The number of aliphatic hydroxyl groups excluding tert-OH is 2. The van der Waals surface area contributed by atoms with Crippen LogP contribution in [0.5, 0.6) is 0 Å². The topological polar surface area (TPSA) is 151 Å². The molecule has 0 saturated carbocycles. The van der Waals surface area contributed by atoms with Crippen molar-refractivity contribution in [3.63, 3.8) is 0 Å². The van der Waals surface area contributed by atoms with Gasteiger partial charge >= 0.3 is 5.97 Å². The molecule has 1 aromatic rings. The number of aliphatic hydroxyl groups is 2. The predicted octanol–water partition coefficient (Wildman–Crippen LogP) is 2.56. The van der Waals surface area contributed by atoms with Crippen molar-refractivity contribution in [2.45, 2.75) is 69.5 Å². The summed E-state index contributed by atoms with van der Waals surface area (Å²) in [6, 6.07) is 6.53. The fourth-order valence-corrected chi connectivity index (χ4v) is 3.95. The van der Waals surface area contributed by atoms with E-state index in [9.17, 15) is 19.8 Å². The number of esters is 1. The van der Waals surface area contributed by atoms with Crippen LogP contribution in [-0.2, 0) is 18.7 Å². The molecule has 2 unspecified atom stereocenters. The standard InChI is InChI=1S/C20H29N3O7Si/c1-20(2,3)31(4,5)30-19-14(22-23-21)17(16(26)13(11-24)28-19)29-18(27)15(25)12-9-7-6-8-10-12/h6-10,13-14,16-17,19,24,26H,11H2,1-5H3/t13?,14-,16+,17+,19?/m0/s1. The molecule has 31 heavy (non-hydrogen) atoms. The van der Waals surface area contributed by atoms with Crippen LogP contribution in [0.2, 0.25) is 18.1 Å². The zero-order chi connectivity index (χ0) is 23.4. The lowest BCUT2D eigenvalue weighted by Gasteiger charge is -2.46. The lowest BCUT2D eigenvalue weighted by molar-refractivity contribution is -0.247. The number of ketones is 1. The van der Waals surface area contributed by atoms with Crippen molar-refractivity contribution >= 4 is 20.1 Å². The van der Waals surface area contributed by atoms with Crippen molar-refractivity contribution in [2.24, 2.45) is 5.11 Å². The lowest BCUT2D eigenvalue weighted by Crippen LogP contribution is -2.62. The van der Waals surface area contributed by atoms with E-state index in [2.05, 4.69) is 10.0 Å². The average molecular weight is 452 g/mol. The smallest absolute Gasteiger partial charge is 0.380 e. The highest BCUT2D eigenvalue weighted by molar-refractivity contribution is 6.74. The Morgan fingerprint density at radius 2 is 1.87 bits per heavy atom. The normalized spacial score (nSPS) is 26.6. The van der Waals surface area contributed by atoms with Gasteiger partial charge in [-0.15, -0.1) is 0 Å². The van der Waals surface area contributed by atoms with Gasteiger partial charge < -0.3 is 24.1 Å². The van der Waals surface area contributed by atoms with Crippen LogP contribution in [0.3, 0.4) is 0 Å². The van der Waals surface area contributed by atoms with E-state index in [4.69, 9.17) is 19.4 Å². The van der Waals surface area contributed by atoms with Crippen molar-refractivity contribution in [1.82, 2.24) is 0 Å². The number of nitrogens with zero attached hydrogens (tertiary/aromatic N) is 3. The fraction of sp³-hybridized carbons (Fsp3) is 0.600. The van der Waals surface area contributed by atoms with Gasteiger partial charge in [0.25, 0.3) is 5.78 Å². The highest BCUT2D eigenvalue weighted by Crippen LogP contribution is 2.39. The Morgan fingerprint density at radius 3 is 2.39 bits per heavy atom. The summed E-state index contributed by atoms with van der Waals surface area (Å²) in [6.07, 6.45) is -5.32. The van der Waals surface area contributed by atoms with Crippen molar-refractivity contribution in [3.05, 3.63) is 46.3 Å². The predicted molar refractivity (Wildman–Crippen MR) is 114 cm³/mol. The molecule has 11 heteroatoms. The molecule has 10 nitrogen and oxygen atoms in total. The van der Waals surface area contributed by atoms with Crippen molar-refractivity contribution < 1.29 is 33.7 Å². The molecule has 2 N–H and O–H groups in total. The lowest BCUT2D eigenvalue weighted by atomic mass is 9.97. The maximum Gasteiger partial charge on any atom is 0.380 e. The molecular weight excluding hydrogens is 422 g/mol. The van der Waals surface area contributed by atoms with Crippen LogP contribution in [0, 0.1) is 0 Å². The fourth-order valence-electron chi connectivity index (χ4n) is 2.82. The van der Waals surface area contributed by atoms with Gasteiger partial charge in [-0.05, 0) is 23.7 Å². The second-order valence-electron chi connectivity index (χ2n) is 8.85. The van der Waals surface area contributed by atoms with E-state index >= 15 is 0 Å². The molecular formula is C20H29N3O7Si. The van der Waals surface area contributed by atoms with E-state index in [0.717, 1.165) is 0 Å². The summed E-state index contributed by atoms with van der Waals surface area (Å²) in [5.41, 5.74) is 9.18. The van der Waals surface area contributed by atoms with E-state index in [0.29, 0.717) is 0 Å². The zero-order valence-corrected chi connectivity index (χ0v) is 19.3. The minimum atomic E-state index is -2.45. The minimum Gasteiger partial charge on any atom is -0.453 e. The van der Waals surface area contributed by atoms with Crippen molar-refractivity contribution in [1.29, 1.82) is 0 Å². The van der Waals surface area contributed by atoms with Crippen LogP contribution in [-0.4, -0.2) is 67.5 Å². The third kappa shape index (κ3) is 5.70. The highest BCUT2D eigenvalue weighted by atomic mass is 28.4. The van der Waals surface area contributed by atoms with E-state index in [1.54, 1.807) is 18.2 Å². The second-order valence-corrected chi connectivity index (χ2v) is 13.6. The van der Waals surface area contributed by atoms with Gasteiger partial charge in [-0.2, -0.15) is 0 Å². The number of Topliss-reactive ketones (excluding diaryl/α,β-unsaturated/α-hetero) is 1. The first-order valence-electron chi connectivity index (χ1n) is 9.89.